The van der Waals surface area contributed by atoms with E-state index in [1.807, 2.05) is 24.3 Å². The van der Waals surface area contributed by atoms with Crippen molar-refractivity contribution in [2.75, 3.05) is 7.05 Å². The number of nitrogens with one attached hydrogen (secondary N) is 3. The predicted octanol–water partition coefficient (Wildman–Crippen LogP) is 1.54. The fraction of sp³-hybridized carbons (Fsp3) is 0.400. The van der Waals surface area contributed by atoms with Gasteiger partial charge >= 0.3 is 0 Å². The number of rotatable bonds is 15. The van der Waals surface area contributed by atoms with Crippen LogP contribution in [0.1, 0.15) is 42.1 Å². The van der Waals surface area contributed by atoms with Gasteiger partial charge in [-0.25, -0.2) is 0 Å². The van der Waals surface area contributed by atoms with E-state index in [-0.39, 0.29) is 19.1 Å². The molecule has 0 heterocycles. The quantitative estimate of drug-likeness (QED) is 0.147. The summed E-state index contributed by atoms with van der Waals surface area (Å²) in [5, 5.41) is 41.7. The van der Waals surface area contributed by atoms with Gasteiger partial charge in [-0.05, 0) is 28.2 Å². The molecule has 0 aliphatic heterocycles. The Labute approximate surface area is 268 Å². The van der Waals surface area contributed by atoms with Crippen molar-refractivity contribution in [1.29, 1.82) is 0 Å². The molecule has 11 heteroatoms. The Balaban J connectivity index is 1.60. The standard InChI is InChI=1S/C35H43N3O8/c1-21(2)27(33(42)36-3)37-34(43)31(45-19-22-12-6-4-7-13-22)29(40)30(41)32(46-20-23-14-8-5-9-15-23)35(44)38-28-25-17-11-10-16-24(25)18-26(28)39/h4-17,21,26-32,39-41H,18-20H2,1-3H3,(H,36,42)(H,37,43)(H,38,44)/t26-,27-,28+,29-,30+,31-,32+/m0/s1. The Morgan fingerprint density at radius 1 is 0.761 bits per heavy atom. The average molecular weight is 634 g/mol. The Hall–Kier alpha value is -4.13. The third kappa shape index (κ3) is 8.77. The zero-order valence-corrected chi connectivity index (χ0v) is 26.2. The van der Waals surface area contributed by atoms with Gasteiger partial charge in [-0.3, -0.25) is 14.4 Å². The molecular weight excluding hydrogens is 590 g/mol. The van der Waals surface area contributed by atoms with Crippen LogP contribution in [-0.2, 0) is 43.5 Å². The molecule has 0 saturated carbocycles. The lowest BCUT2D eigenvalue weighted by Gasteiger charge is -2.32. The van der Waals surface area contributed by atoms with Crippen LogP contribution in [0.15, 0.2) is 84.9 Å². The van der Waals surface area contributed by atoms with E-state index in [1.54, 1.807) is 74.5 Å². The number of likely N-dealkylation sites (N-methyl/N-ethyl adjacent to an activating group) is 1. The van der Waals surface area contributed by atoms with Crippen molar-refractivity contribution in [2.45, 2.75) is 76.1 Å². The topological polar surface area (TPSA) is 166 Å². The van der Waals surface area contributed by atoms with Crippen molar-refractivity contribution in [2.24, 2.45) is 5.92 Å². The number of hydrogen-bond acceptors (Lipinski definition) is 8. The van der Waals surface area contributed by atoms with Crippen LogP contribution in [0.2, 0.25) is 0 Å². The van der Waals surface area contributed by atoms with Crippen LogP contribution in [0.3, 0.4) is 0 Å². The molecule has 1 aliphatic rings. The third-order valence-corrected chi connectivity index (χ3v) is 8.03. The summed E-state index contributed by atoms with van der Waals surface area (Å²) in [5.41, 5.74) is 3.01. The summed E-state index contributed by atoms with van der Waals surface area (Å²) < 4.78 is 11.8. The molecule has 246 valence electrons. The van der Waals surface area contributed by atoms with Crippen LogP contribution in [0.4, 0.5) is 0 Å². The van der Waals surface area contributed by atoms with Gasteiger partial charge in [0.05, 0.1) is 25.4 Å². The summed E-state index contributed by atoms with van der Waals surface area (Å²) in [6.07, 6.45) is -7.88. The van der Waals surface area contributed by atoms with Crippen molar-refractivity contribution in [3.05, 3.63) is 107 Å². The van der Waals surface area contributed by atoms with Gasteiger partial charge in [-0.15, -0.1) is 0 Å². The summed E-state index contributed by atoms with van der Waals surface area (Å²) in [7, 11) is 1.44. The monoisotopic (exact) mass is 633 g/mol. The number of aliphatic hydroxyl groups excluding tert-OH is 3. The minimum atomic E-state index is -1.96. The lowest BCUT2D eigenvalue weighted by molar-refractivity contribution is -0.171. The summed E-state index contributed by atoms with van der Waals surface area (Å²) in [6, 6.07) is 23.5. The number of hydrogen-bond donors (Lipinski definition) is 6. The molecule has 1 aliphatic carbocycles. The molecule has 46 heavy (non-hydrogen) atoms. The first kappa shape index (κ1) is 34.7. The van der Waals surface area contributed by atoms with E-state index in [4.69, 9.17) is 9.47 Å². The molecule has 3 amide bonds. The van der Waals surface area contributed by atoms with Crippen LogP contribution in [0.5, 0.6) is 0 Å². The van der Waals surface area contributed by atoms with E-state index >= 15 is 0 Å². The fourth-order valence-electron chi connectivity index (χ4n) is 5.45. The molecule has 4 rings (SSSR count). The summed E-state index contributed by atoms with van der Waals surface area (Å²) in [6.45, 7) is 3.29. The summed E-state index contributed by atoms with van der Waals surface area (Å²) in [4.78, 5) is 39.9. The van der Waals surface area contributed by atoms with Gasteiger partial charge in [0.25, 0.3) is 11.8 Å². The molecule has 0 spiro atoms. The number of benzene rings is 3. The van der Waals surface area contributed by atoms with E-state index in [0.29, 0.717) is 17.5 Å². The highest BCUT2D eigenvalue weighted by Crippen LogP contribution is 2.31. The fourth-order valence-corrected chi connectivity index (χ4v) is 5.45. The largest absolute Gasteiger partial charge is 0.390 e. The molecule has 0 aromatic heterocycles. The molecule has 0 unspecified atom stereocenters. The second-order valence-electron chi connectivity index (χ2n) is 11.7. The van der Waals surface area contributed by atoms with Crippen molar-refractivity contribution in [3.63, 3.8) is 0 Å². The first-order chi connectivity index (χ1) is 22.1. The van der Waals surface area contributed by atoms with Crippen molar-refractivity contribution >= 4 is 17.7 Å². The first-order valence-electron chi connectivity index (χ1n) is 15.4. The smallest absolute Gasteiger partial charge is 0.252 e. The average Bonchev–Trinajstić information content (AvgIpc) is 3.38. The SMILES string of the molecule is CNC(=O)[C@@H](NC(=O)[C@@H](OCc1ccccc1)[C@@H](O)[C@@H](O)[C@@H](OCc1ccccc1)C(=O)N[C@@H]1c2ccccc2C[C@@H]1O)C(C)C. The van der Waals surface area contributed by atoms with Crippen LogP contribution in [-0.4, -0.2) is 76.7 Å². The lowest BCUT2D eigenvalue weighted by Crippen LogP contribution is -2.59. The number of carbonyl (C=O) groups is 3. The minimum Gasteiger partial charge on any atom is -0.390 e. The molecule has 0 bridgehead atoms. The normalized spacial score (nSPS) is 18.9. The Bertz CT molecular complexity index is 1440. The molecule has 0 fully saturated rings. The first-order valence-corrected chi connectivity index (χ1v) is 15.4. The Kier molecular flexibility index (Phi) is 12.4. The maximum Gasteiger partial charge on any atom is 0.252 e. The molecule has 6 N–H and O–H groups in total. The maximum atomic E-state index is 13.8. The van der Waals surface area contributed by atoms with Gasteiger partial charge in [0.15, 0.2) is 12.2 Å². The van der Waals surface area contributed by atoms with E-state index < -0.39 is 60.3 Å². The summed E-state index contributed by atoms with van der Waals surface area (Å²) in [5.74, 6) is -2.41. The van der Waals surface area contributed by atoms with Gasteiger partial charge in [0.2, 0.25) is 5.91 Å². The zero-order chi connectivity index (χ0) is 33.2. The molecule has 11 nitrogen and oxygen atoms in total. The van der Waals surface area contributed by atoms with Crippen LogP contribution in [0, 0.1) is 5.92 Å². The zero-order valence-electron chi connectivity index (χ0n) is 26.2. The number of amides is 3. The van der Waals surface area contributed by atoms with Gasteiger partial charge in [-0.1, -0.05) is 98.8 Å². The van der Waals surface area contributed by atoms with Gasteiger partial charge in [-0.2, -0.15) is 0 Å². The Morgan fingerprint density at radius 3 is 1.78 bits per heavy atom. The lowest BCUT2D eigenvalue weighted by atomic mass is 9.98. The summed E-state index contributed by atoms with van der Waals surface area (Å²) >= 11 is 0. The van der Waals surface area contributed by atoms with Gasteiger partial charge in [0, 0.05) is 13.5 Å². The molecule has 3 aromatic carbocycles. The van der Waals surface area contributed by atoms with Crippen molar-refractivity contribution in [1.82, 2.24) is 16.0 Å². The second kappa shape index (κ2) is 16.4. The predicted molar refractivity (Wildman–Crippen MR) is 170 cm³/mol. The Morgan fingerprint density at radius 2 is 1.26 bits per heavy atom. The van der Waals surface area contributed by atoms with Crippen LogP contribution in [0.25, 0.3) is 0 Å². The number of aliphatic hydroxyl groups is 3. The maximum absolute atomic E-state index is 13.8. The number of carbonyl (C=O) groups excluding carboxylic acids is 3. The minimum absolute atomic E-state index is 0.0969. The van der Waals surface area contributed by atoms with E-state index in [1.165, 1.54) is 7.05 Å². The van der Waals surface area contributed by atoms with Crippen molar-refractivity contribution < 1.29 is 39.2 Å². The second-order valence-corrected chi connectivity index (χ2v) is 11.7. The molecule has 0 radical (unpaired) electrons. The van der Waals surface area contributed by atoms with E-state index in [0.717, 1.165) is 11.1 Å². The molecule has 7 atom stereocenters. The number of ether oxygens (including phenoxy) is 2. The van der Waals surface area contributed by atoms with E-state index in [2.05, 4.69) is 16.0 Å². The number of fused-ring (bicyclic) bond motifs is 1. The molecule has 0 saturated heterocycles. The van der Waals surface area contributed by atoms with Crippen molar-refractivity contribution in [3.8, 4) is 0 Å². The van der Waals surface area contributed by atoms with Gasteiger partial charge in [0.1, 0.15) is 18.2 Å². The highest BCUT2D eigenvalue weighted by atomic mass is 16.5. The third-order valence-electron chi connectivity index (χ3n) is 8.03. The van der Waals surface area contributed by atoms with Crippen LogP contribution >= 0.6 is 0 Å². The highest BCUT2D eigenvalue weighted by molar-refractivity contribution is 5.90. The molecule has 3 aromatic rings. The van der Waals surface area contributed by atoms with Gasteiger partial charge < -0.3 is 40.7 Å². The van der Waals surface area contributed by atoms with E-state index in [9.17, 15) is 29.7 Å². The van der Waals surface area contributed by atoms with Crippen LogP contribution < -0.4 is 16.0 Å². The highest BCUT2D eigenvalue weighted by Gasteiger charge is 2.43. The molecular formula is C35H43N3O8.